The van der Waals surface area contributed by atoms with Crippen LogP contribution in [-0.4, -0.2) is 9.59 Å². The van der Waals surface area contributed by atoms with Gasteiger partial charge in [0.1, 0.15) is 0 Å². The van der Waals surface area contributed by atoms with E-state index in [1.165, 1.54) is 17.6 Å². The zero-order chi connectivity index (χ0) is 14.0. The van der Waals surface area contributed by atoms with Crippen LogP contribution in [0.25, 0.3) is 0 Å². The summed E-state index contributed by atoms with van der Waals surface area (Å²) in [6.45, 7) is 1.78. The molecule has 0 aliphatic carbocycles. The number of alkyl halides is 3. The van der Waals surface area contributed by atoms with Crippen molar-refractivity contribution in [2.24, 2.45) is 5.73 Å². The maximum absolute atomic E-state index is 12.6. The molecular weight excluding hydrogens is 275 g/mol. The summed E-state index contributed by atoms with van der Waals surface area (Å²) in [7, 11) is 0. The van der Waals surface area contributed by atoms with Crippen LogP contribution in [0.1, 0.15) is 27.7 Å². The van der Waals surface area contributed by atoms with E-state index < -0.39 is 11.7 Å². The quantitative estimate of drug-likeness (QED) is 0.943. The highest BCUT2D eigenvalue weighted by Gasteiger charge is 2.30. The van der Waals surface area contributed by atoms with Crippen LogP contribution < -0.4 is 5.73 Å². The maximum Gasteiger partial charge on any atom is 0.416 e. The van der Waals surface area contributed by atoms with Crippen molar-refractivity contribution in [3.8, 4) is 0 Å². The van der Waals surface area contributed by atoms with Crippen molar-refractivity contribution in [2.75, 3.05) is 0 Å². The summed E-state index contributed by atoms with van der Waals surface area (Å²) in [6.07, 6.45) is -4.00. The number of rotatable bonds is 3. The molecule has 2 N–H and O–H groups in total. The molecule has 102 valence electrons. The molecular formula is C12H12F3N3S. The Morgan fingerprint density at radius 2 is 2.11 bits per heavy atom. The van der Waals surface area contributed by atoms with Crippen LogP contribution in [0.4, 0.5) is 13.2 Å². The summed E-state index contributed by atoms with van der Waals surface area (Å²) < 4.78 is 41.6. The van der Waals surface area contributed by atoms with Crippen LogP contribution >= 0.6 is 11.5 Å². The minimum Gasteiger partial charge on any atom is -0.323 e. The minimum atomic E-state index is -4.33. The van der Waals surface area contributed by atoms with Gasteiger partial charge in [-0.05, 0) is 36.5 Å². The fraction of sp³-hybridized carbons (Fsp3) is 0.333. The lowest BCUT2D eigenvalue weighted by atomic mass is 10.0. The van der Waals surface area contributed by atoms with E-state index in [9.17, 15) is 13.2 Å². The van der Waals surface area contributed by atoms with Gasteiger partial charge in [-0.2, -0.15) is 13.2 Å². The molecule has 1 heterocycles. The largest absolute Gasteiger partial charge is 0.416 e. The Labute approximate surface area is 112 Å². The molecule has 1 atom stereocenters. The Morgan fingerprint density at radius 1 is 1.37 bits per heavy atom. The first-order valence-corrected chi connectivity index (χ1v) is 6.36. The van der Waals surface area contributed by atoms with Gasteiger partial charge in [0, 0.05) is 6.04 Å². The second kappa shape index (κ2) is 5.26. The number of benzene rings is 1. The minimum absolute atomic E-state index is 0.328. The number of hydrogen-bond acceptors (Lipinski definition) is 4. The second-order valence-corrected chi connectivity index (χ2v) is 5.02. The summed E-state index contributed by atoms with van der Waals surface area (Å²) in [4.78, 5) is 0.803. The molecule has 0 amide bonds. The zero-order valence-corrected chi connectivity index (χ0v) is 10.9. The highest BCUT2D eigenvalue weighted by molar-refractivity contribution is 7.05. The average molecular weight is 287 g/mol. The predicted molar refractivity (Wildman–Crippen MR) is 66.7 cm³/mol. The van der Waals surface area contributed by atoms with Gasteiger partial charge in [-0.25, -0.2) is 0 Å². The van der Waals surface area contributed by atoms with Gasteiger partial charge in [-0.3, -0.25) is 0 Å². The Balaban J connectivity index is 2.18. The van der Waals surface area contributed by atoms with E-state index in [2.05, 4.69) is 9.59 Å². The highest BCUT2D eigenvalue weighted by atomic mass is 32.1. The Kier molecular flexibility index (Phi) is 3.86. The Hall–Kier alpha value is -1.47. The number of nitrogens with zero attached hydrogens (tertiary/aromatic N) is 2. The second-order valence-electron chi connectivity index (χ2n) is 4.23. The van der Waals surface area contributed by atoms with E-state index in [0.717, 1.165) is 22.7 Å². The first-order chi connectivity index (χ1) is 8.88. The third kappa shape index (κ3) is 3.30. The molecule has 0 saturated carbocycles. The fourth-order valence-electron chi connectivity index (χ4n) is 1.80. The van der Waals surface area contributed by atoms with E-state index in [-0.39, 0.29) is 6.04 Å². The number of aryl methyl sites for hydroxylation is 1. The van der Waals surface area contributed by atoms with Crippen LogP contribution in [0.15, 0.2) is 24.3 Å². The molecule has 1 aromatic carbocycles. The molecule has 0 aliphatic heterocycles. The van der Waals surface area contributed by atoms with Crippen molar-refractivity contribution in [3.63, 3.8) is 0 Å². The highest BCUT2D eigenvalue weighted by Crippen LogP contribution is 2.30. The lowest BCUT2D eigenvalue weighted by Crippen LogP contribution is -2.14. The number of nitrogens with two attached hydrogens (primary N) is 1. The lowest BCUT2D eigenvalue weighted by Gasteiger charge is -2.12. The molecule has 1 unspecified atom stereocenters. The third-order valence-electron chi connectivity index (χ3n) is 2.73. The molecule has 19 heavy (non-hydrogen) atoms. The molecule has 1 aromatic heterocycles. The molecule has 0 radical (unpaired) electrons. The smallest absolute Gasteiger partial charge is 0.323 e. The van der Waals surface area contributed by atoms with Crippen LogP contribution in [0.3, 0.4) is 0 Å². The van der Waals surface area contributed by atoms with Crippen molar-refractivity contribution in [1.29, 1.82) is 0 Å². The number of hydrogen-bond donors (Lipinski definition) is 1. The van der Waals surface area contributed by atoms with Gasteiger partial charge in [0.05, 0.1) is 16.1 Å². The maximum atomic E-state index is 12.6. The van der Waals surface area contributed by atoms with Crippen LogP contribution in [0.2, 0.25) is 0 Å². The average Bonchev–Trinajstić information content (AvgIpc) is 2.75. The molecule has 0 spiro atoms. The SMILES string of the molecule is Cc1nnsc1C(N)Cc1cccc(C(F)(F)F)c1. The number of aromatic nitrogens is 2. The summed E-state index contributed by atoms with van der Waals surface area (Å²) in [5, 5.41) is 3.84. The molecule has 3 nitrogen and oxygen atoms in total. The van der Waals surface area contributed by atoms with Gasteiger partial charge in [-0.1, -0.05) is 22.7 Å². The van der Waals surface area contributed by atoms with Crippen LogP contribution in [-0.2, 0) is 12.6 Å². The summed E-state index contributed by atoms with van der Waals surface area (Å²) in [6, 6.07) is 4.82. The molecule has 0 bridgehead atoms. The van der Waals surface area contributed by atoms with E-state index in [0.29, 0.717) is 12.0 Å². The first kappa shape index (κ1) is 14.0. The molecule has 0 fully saturated rings. The van der Waals surface area contributed by atoms with E-state index in [1.54, 1.807) is 13.0 Å². The zero-order valence-electron chi connectivity index (χ0n) is 10.1. The van der Waals surface area contributed by atoms with Gasteiger partial charge in [0.2, 0.25) is 0 Å². The first-order valence-electron chi connectivity index (χ1n) is 5.58. The van der Waals surface area contributed by atoms with Crippen molar-refractivity contribution >= 4 is 11.5 Å². The summed E-state index contributed by atoms with van der Waals surface area (Å²) >= 11 is 1.18. The monoisotopic (exact) mass is 287 g/mol. The fourth-order valence-corrected chi connectivity index (χ4v) is 2.44. The normalized spacial score (nSPS) is 13.5. The van der Waals surface area contributed by atoms with Gasteiger partial charge in [0.25, 0.3) is 0 Å². The van der Waals surface area contributed by atoms with Crippen molar-refractivity contribution in [2.45, 2.75) is 25.6 Å². The summed E-state index contributed by atoms with van der Waals surface area (Å²) in [5.41, 5.74) is 6.60. The van der Waals surface area contributed by atoms with E-state index in [1.807, 2.05) is 0 Å². The molecule has 0 saturated heterocycles. The van der Waals surface area contributed by atoms with Crippen LogP contribution in [0.5, 0.6) is 0 Å². The molecule has 7 heteroatoms. The Bertz CT molecular complexity index is 565. The van der Waals surface area contributed by atoms with Gasteiger partial charge < -0.3 is 5.73 Å². The molecule has 0 aliphatic rings. The van der Waals surface area contributed by atoms with Gasteiger partial charge in [-0.15, -0.1) is 5.10 Å². The van der Waals surface area contributed by atoms with E-state index in [4.69, 9.17) is 5.73 Å². The molecule has 2 rings (SSSR count). The topological polar surface area (TPSA) is 51.8 Å². The van der Waals surface area contributed by atoms with Crippen molar-refractivity contribution in [3.05, 3.63) is 46.0 Å². The van der Waals surface area contributed by atoms with Crippen LogP contribution in [0, 0.1) is 6.92 Å². The Morgan fingerprint density at radius 3 is 2.68 bits per heavy atom. The van der Waals surface area contributed by atoms with Crippen molar-refractivity contribution in [1.82, 2.24) is 9.59 Å². The predicted octanol–water partition coefficient (Wildman–Crippen LogP) is 3.11. The number of halogens is 3. The van der Waals surface area contributed by atoms with Crippen molar-refractivity contribution < 1.29 is 13.2 Å². The summed E-state index contributed by atoms with van der Waals surface area (Å²) in [5.74, 6) is 0. The standard InChI is InChI=1S/C12H12F3N3S/c1-7-11(19-18-17-7)10(16)6-8-3-2-4-9(5-8)12(13,14)15/h2-5,10H,6,16H2,1H3. The third-order valence-corrected chi connectivity index (χ3v) is 3.69. The van der Waals surface area contributed by atoms with E-state index >= 15 is 0 Å². The lowest BCUT2D eigenvalue weighted by molar-refractivity contribution is -0.137. The van der Waals surface area contributed by atoms with Gasteiger partial charge >= 0.3 is 6.18 Å². The molecule has 2 aromatic rings. The van der Waals surface area contributed by atoms with Gasteiger partial charge in [0.15, 0.2) is 0 Å².